The van der Waals surface area contributed by atoms with E-state index in [4.69, 9.17) is 5.26 Å². The Hall–Kier alpha value is -1.83. The number of nitrogens with zero attached hydrogens (tertiary/aromatic N) is 2. The number of alkyl halides is 2. The van der Waals surface area contributed by atoms with Crippen molar-refractivity contribution in [2.75, 3.05) is 0 Å². The fraction of sp³-hybridized carbons (Fsp3) is 0.222. The van der Waals surface area contributed by atoms with Gasteiger partial charge in [-0.15, -0.1) is 0 Å². The van der Waals surface area contributed by atoms with Crippen LogP contribution in [0.25, 0.3) is 0 Å². The third-order valence-electron chi connectivity index (χ3n) is 1.86. The summed E-state index contributed by atoms with van der Waals surface area (Å²) in [7, 11) is 0. The van der Waals surface area contributed by atoms with Gasteiger partial charge in [-0.05, 0) is 12.5 Å². The van der Waals surface area contributed by atoms with E-state index in [2.05, 4.69) is 4.98 Å². The van der Waals surface area contributed by atoms with E-state index in [0.717, 1.165) is 6.20 Å². The molecule has 14 heavy (non-hydrogen) atoms. The second kappa shape index (κ2) is 3.92. The topological polar surface area (TPSA) is 53.8 Å². The molecule has 1 heterocycles. The van der Waals surface area contributed by atoms with Gasteiger partial charge in [-0.3, -0.25) is 9.78 Å². The van der Waals surface area contributed by atoms with Crippen molar-refractivity contribution in [2.45, 2.75) is 13.3 Å². The third kappa shape index (κ3) is 1.59. The highest BCUT2D eigenvalue weighted by Crippen LogP contribution is 2.23. The van der Waals surface area contributed by atoms with Crippen molar-refractivity contribution in [3.05, 3.63) is 28.6 Å². The first-order chi connectivity index (χ1) is 6.61. The van der Waals surface area contributed by atoms with Crippen molar-refractivity contribution in [3.63, 3.8) is 0 Å². The first kappa shape index (κ1) is 10.3. The molecular formula is C9H6F2N2O. The molecule has 1 aromatic heterocycles. The molecule has 0 aliphatic rings. The highest BCUT2D eigenvalue weighted by Gasteiger charge is 2.17. The molecule has 0 aliphatic carbocycles. The number of nitriles is 1. The number of carbonyl (C=O) groups excluding carboxylic acids is 1. The molecule has 0 saturated carbocycles. The van der Waals surface area contributed by atoms with Gasteiger partial charge in [0.1, 0.15) is 11.8 Å². The van der Waals surface area contributed by atoms with Gasteiger partial charge in [-0.25, -0.2) is 8.78 Å². The molecule has 3 nitrogen and oxygen atoms in total. The zero-order valence-electron chi connectivity index (χ0n) is 7.29. The SMILES string of the molecule is Cc1c(C#N)cnc(C(F)F)c1C=O. The number of carbonyl (C=O) groups is 1. The van der Waals surface area contributed by atoms with E-state index in [1.165, 1.54) is 6.92 Å². The van der Waals surface area contributed by atoms with Crippen LogP contribution in [-0.2, 0) is 0 Å². The summed E-state index contributed by atoms with van der Waals surface area (Å²) >= 11 is 0. The lowest BCUT2D eigenvalue weighted by Gasteiger charge is -2.06. The fourth-order valence-corrected chi connectivity index (χ4v) is 1.07. The minimum atomic E-state index is -2.80. The van der Waals surface area contributed by atoms with Crippen LogP contribution in [0, 0.1) is 18.3 Å². The van der Waals surface area contributed by atoms with E-state index in [-0.39, 0.29) is 16.7 Å². The van der Waals surface area contributed by atoms with Gasteiger partial charge in [-0.2, -0.15) is 5.26 Å². The van der Waals surface area contributed by atoms with Crippen LogP contribution in [0.1, 0.15) is 33.6 Å². The average molecular weight is 196 g/mol. The number of aldehydes is 1. The molecule has 0 amide bonds. The molecule has 5 heteroatoms. The lowest BCUT2D eigenvalue weighted by atomic mass is 10.0. The van der Waals surface area contributed by atoms with Gasteiger partial charge < -0.3 is 0 Å². The van der Waals surface area contributed by atoms with Crippen molar-refractivity contribution in [3.8, 4) is 6.07 Å². The molecule has 0 aliphatic heterocycles. The smallest absolute Gasteiger partial charge is 0.281 e. The van der Waals surface area contributed by atoms with Crippen molar-refractivity contribution in [1.82, 2.24) is 4.98 Å². The molecule has 0 spiro atoms. The Bertz CT molecular complexity index is 410. The molecule has 0 N–H and O–H groups in total. The molecule has 0 aromatic carbocycles. The van der Waals surface area contributed by atoms with Gasteiger partial charge in [0.2, 0.25) is 0 Å². The first-order valence-electron chi connectivity index (χ1n) is 3.74. The normalized spacial score (nSPS) is 9.93. The van der Waals surface area contributed by atoms with Gasteiger partial charge in [0, 0.05) is 11.8 Å². The van der Waals surface area contributed by atoms with Crippen molar-refractivity contribution in [2.24, 2.45) is 0 Å². The molecule has 1 aromatic rings. The van der Waals surface area contributed by atoms with Gasteiger partial charge in [0.05, 0.1) is 5.56 Å². The maximum absolute atomic E-state index is 12.3. The maximum atomic E-state index is 12.3. The molecule has 0 bridgehead atoms. The van der Waals surface area contributed by atoms with Crippen molar-refractivity contribution >= 4 is 6.29 Å². The number of hydrogen-bond donors (Lipinski definition) is 0. The summed E-state index contributed by atoms with van der Waals surface area (Å²) in [5.74, 6) is 0. The highest BCUT2D eigenvalue weighted by atomic mass is 19.3. The number of pyridine rings is 1. The van der Waals surface area contributed by atoms with E-state index in [1.54, 1.807) is 6.07 Å². The average Bonchev–Trinajstić information content (AvgIpc) is 2.17. The second-order valence-corrected chi connectivity index (χ2v) is 2.63. The number of aromatic nitrogens is 1. The molecule has 72 valence electrons. The van der Waals surface area contributed by atoms with E-state index < -0.39 is 12.1 Å². The first-order valence-corrected chi connectivity index (χ1v) is 3.74. The lowest BCUT2D eigenvalue weighted by molar-refractivity contribution is 0.110. The predicted molar refractivity (Wildman–Crippen MR) is 44.0 cm³/mol. The Kier molecular flexibility index (Phi) is 2.87. The number of rotatable bonds is 2. The van der Waals surface area contributed by atoms with E-state index >= 15 is 0 Å². The van der Waals surface area contributed by atoms with Crippen LogP contribution < -0.4 is 0 Å². The summed E-state index contributed by atoms with van der Waals surface area (Å²) in [6, 6.07) is 1.77. The Morgan fingerprint density at radius 1 is 1.64 bits per heavy atom. The summed E-state index contributed by atoms with van der Waals surface area (Å²) in [6.07, 6.45) is -1.46. The predicted octanol–water partition coefficient (Wildman–Crippen LogP) is 2.01. The minimum absolute atomic E-state index is 0.136. The Labute approximate surface area is 79.0 Å². The molecular weight excluding hydrogens is 190 g/mol. The van der Waals surface area contributed by atoms with Gasteiger partial charge >= 0.3 is 0 Å². The van der Waals surface area contributed by atoms with E-state index in [0.29, 0.717) is 6.29 Å². The largest absolute Gasteiger partial charge is 0.298 e. The molecule has 1 rings (SSSR count). The Balaban J connectivity index is 3.45. The molecule has 0 unspecified atom stereocenters. The van der Waals surface area contributed by atoms with Crippen LogP contribution in [0.3, 0.4) is 0 Å². The quantitative estimate of drug-likeness (QED) is 0.680. The third-order valence-corrected chi connectivity index (χ3v) is 1.86. The molecule has 0 fully saturated rings. The standard InChI is InChI=1S/C9H6F2N2O/c1-5-6(2-12)3-13-8(9(10)11)7(5)4-14/h3-4,9H,1H3. The second-order valence-electron chi connectivity index (χ2n) is 2.63. The van der Waals surface area contributed by atoms with Crippen LogP contribution in [0.4, 0.5) is 8.78 Å². The summed E-state index contributed by atoms with van der Waals surface area (Å²) < 4.78 is 24.7. The van der Waals surface area contributed by atoms with Crippen LogP contribution in [0.15, 0.2) is 6.20 Å². The van der Waals surface area contributed by atoms with Gasteiger partial charge in [0.25, 0.3) is 6.43 Å². The van der Waals surface area contributed by atoms with Gasteiger partial charge in [-0.1, -0.05) is 0 Å². The monoisotopic (exact) mass is 196 g/mol. The fourth-order valence-electron chi connectivity index (χ4n) is 1.07. The van der Waals surface area contributed by atoms with Crippen LogP contribution >= 0.6 is 0 Å². The molecule has 0 atom stereocenters. The van der Waals surface area contributed by atoms with Crippen LogP contribution in [-0.4, -0.2) is 11.3 Å². The zero-order chi connectivity index (χ0) is 10.7. The van der Waals surface area contributed by atoms with Crippen molar-refractivity contribution < 1.29 is 13.6 Å². The summed E-state index contributed by atoms with van der Waals surface area (Å²) in [4.78, 5) is 13.9. The summed E-state index contributed by atoms with van der Waals surface area (Å²) in [6.45, 7) is 1.44. The lowest BCUT2D eigenvalue weighted by Crippen LogP contribution is -2.02. The minimum Gasteiger partial charge on any atom is -0.298 e. The molecule has 0 saturated heterocycles. The Morgan fingerprint density at radius 3 is 2.71 bits per heavy atom. The highest BCUT2D eigenvalue weighted by molar-refractivity contribution is 5.80. The van der Waals surface area contributed by atoms with Gasteiger partial charge in [0.15, 0.2) is 6.29 Å². The zero-order valence-corrected chi connectivity index (χ0v) is 7.29. The van der Waals surface area contributed by atoms with E-state index in [1.807, 2.05) is 0 Å². The Morgan fingerprint density at radius 2 is 2.29 bits per heavy atom. The van der Waals surface area contributed by atoms with Crippen molar-refractivity contribution in [1.29, 1.82) is 5.26 Å². The van der Waals surface area contributed by atoms with Crippen LogP contribution in [0.2, 0.25) is 0 Å². The number of hydrogen-bond acceptors (Lipinski definition) is 3. The maximum Gasteiger partial charge on any atom is 0.281 e. The molecule has 0 radical (unpaired) electrons. The summed E-state index contributed by atoms with van der Waals surface area (Å²) in [5, 5.41) is 8.57. The summed E-state index contributed by atoms with van der Waals surface area (Å²) in [5.41, 5.74) is -0.389. The van der Waals surface area contributed by atoms with Crippen LogP contribution in [0.5, 0.6) is 0 Å². The number of halogens is 2. The van der Waals surface area contributed by atoms with E-state index in [9.17, 15) is 13.6 Å².